The summed E-state index contributed by atoms with van der Waals surface area (Å²) in [5.41, 5.74) is 1.03. The SMILES string of the molecule is CS(=O)(=O)c1ccc(NC(=O)Cc2ccccc2O)cc1. The van der Waals surface area contributed by atoms with Crippen molar-refractivity contribution >= 4 is 21.4 Å². The van der Waals surface area contributed by atoms with Crippen molar-refractivity contribution in [2.24, 2.45) is 0 Å². The number of sulfone groups is 1. The minimum absolute atomic E-state index is 0.0422. The predicted molar refractivity (Wildman–Crippen MR) is 80.0 cm³/mol. The van der Waals surface area contributed by atoms with Crippen molar-refractivity contribution in [3.63, 3.8) is 0 Å². The Labute approximate surface area is 123 Å². The second-order valence-corrected chi connectivity index (χ2v) is 6.67. The lowest BCUT2D eigenvalue weighted by atomic mass is 10.1. The molecule has 0 saturated heterocycles. The zero-order chi connectivity index (χ0) is 15.5. The van der Waals surface area contributed by atoms with Crippen molar-refractivity contribution in [2.75, 3.05) is 11.6 Å². The van der Waals surface area contributed by atoms with Crippen LogP contribution in [0.3, 0.4) is 0 Å². The highest BCUT2D eigenvalue weighted by atomic mass is 32.2. The number of hydrogen-bond donors (Lipinski definition) is 2. The van der Waals surface area contributed by atoms with Crippen LogP contribution in [0.15, 0.2) is 53.4 Å². The molecule has 0 aliphatic carbocycles. The molecule has 110 valence electrons. The van der Waals surface area contributed by atoms with Gasteiger partial charge in [0, 0.05) is 17.5 Å². The fourth-order valence-electron chi connectivity index (χ4n) is 1.82. The molecule has 2 aromatic rings. The molecule has 0 aliphatic rings. The Balaban J connectivity index is 2.05. The van der Waals surface area contributed by atoms with Crippen LogP contribution in [0.25, 0.3) is 0 Å². The Morgan fingerprint density at radius 3 is 2.29 bits per heavy atom. The van der Waals surface area contributed by atoms with Gasteiger partial charge in [0.15, 0.2) is 9.84 Å². The van der Waals surface area contributed by atoms with Crippen LogP contribution in [0, 0.1) is 0 Å². The maximum Gasteiger partial charge on any atom is 0.228 e. The van der Waals surface area contributed by atoms with Crippen LogP contribution in [-0.4, -0.2) is 25.7 Å². The first-order chi connectivity index (χ1) is 9.86. The van der Waals surface area contributed by atoms with E-state index in [2.05, 4.69) is 5.32 Å². The van der Waals surface area contributed by atoms with Crippen LogP contribution in [0.4, 0.5) is 5.69 Å². The molecule has 0 aliphatic heterocycles. The Hall–Kier alpha value is -2.34. The van der Waals surface area contributed by atoms with E-state index in [0.29, 0.717) is 11.3 Å². The number of carbonyl (C=O) groups is 1. The number of para-hydroxylation sites is 1. The number of benzene rings is 2. The first-order valence-electron chi connectivity index (χ1n) is 6.23. The van der Waals surface area contributed by atoms with Gasteiger partial charge in [0.1, 0.15) is 5.75 Å². The van der Waals surface area contributed by atoms with Crippen molar-refractivity contribution in [1.82, 2.24) is 0 Å². The van der Waals surface area contributed by atoms with E-state index in [9.17, 15) is 18.3 Å². The molecule has 2 N–H and O–H groups in total. The molecule has 21 heavy (non-hydrogen) atoms. The monoisotopic (exact) mass is 305 g/mol. The maximum absolute atomic E-state index is 11.9. The molecular formula is C15H15NO4S. The molecule has 0 heterocycles. The molecular weight excluding hydrogens is 290 g/mol. The summed E-state index contributed by atoms with van der Waals surface area (Å²) in [5.74, 6) is -0.219. The Bertz CT molecular complexity index is 751. The standard InChI is InChI=1S/C15H15NO4S/c1-21(19,20)13-8-6-12(7-9-13)16-15(18)10-11-4-2-3-5-14(11)17/h2-9,17H,10H2,1H3,(H,16,18). The molecule has 2 aromatic carbocycles. The van der Waals surface area contributed by atoms with Crippen molar-refractivity contribution in [3.05, 3.63) is 54.1 Å². The van der Waals surface area contributed by atoms with Crippen molar-refractivity contribution < 1.29 is 18.3 Å². The number of phenolic OH excluding ortho intramolecular Hbond substituents is 1. The van der Waals surface area contributed by atoms with Crippen LogP contribution in [-0.2, 0) is 21.1 Å². The Kier molecular flexibility index (Phi) is 4.28. The summed E-state index contributed by atoms with van der Waals surface area (Å²) < 4.78 is 22.7. The number of amides is 1. The van der Waals surface area contributed by atoms with E-state index in [1.165, 1.54) is 30.3 Å². The van der Waals surface area contributed by atoms with Crippen LogP contribution in [0.2, 0.25) is 0 Å². The highest BCUT2D eigenvalue weighted by Gasteiger charge is 2.09. The van der Waals surface area contributed by atoms with Crippen molar-refractivity contribution in [1.29, 1.82) is 0 Å². The fraction of sp³-hybridized carbons (Fsp3) is 0.133. The largest absolute Gasteiger partial charge is 0.508 e. The predicted octanol–water partition coefficient (Wildman–Crippen LogP) is 1.98. The van der Waals surface area contributed by atoms with E-state index < -0.39 is 9.84 Å². The normalized spacial score (nSPS) is 11.1. The van der Waals surface area contributed by atoms with E-state index in [4.69, 9.17) is 0 Å². The zero-order valence-corrected chi connectivity index (χ0v) is 12.2. The molecule has 5 nitrogen and oxygen atoms in total. The van der Waals surface area contributed by atoms with Gasteiger partial charge in [-0.15, -0.1) is 0 Å². The molecule has 0 saturated carbocycles. The van der Waals surface area contributed by atoms with Gasteiger partial charge in [0.05, 0.1) is 11.3 Å². The average Bonchev–Trinajstić information content (AvgIpc) is 2.41. The molecule has 1 amide bonds. The van der Waals surface area contributed by atoms with E-state index in [1.807, 2.05) is 0 Å². The minimum atomic E-state index is -3.25. The van der Waals surface area contributed by atoms with Gasteiger partial charge in [-0.1, -0.05) is 18.2 Å². The summed E-state index contributed by atoms with van der Waals surface area (Å²) in [4.78, 5) is 12.1. The van der Waals surface area contributed by atoms with Gasteiger partial charge in [-0.25, -0.2) is 8.42 Å². The molecule has 2 rings (SSSR count). The van der Waals surface area contributed by atoms with Gasteiger partial charge in [-0.2, -0.15) is 0 Å². The molecule has 0 aromatic heterocycles. The third-order valence-electron chi connectivity index (χ3n) is 2.91. The van der Waals surface area contributed by atoms with Crippen LogP contribution < -0.4 is 5.32 Å². The van der Waals surface area contributed by atoms with Crippen LogP contribution in [0.5, 0.6) is 5.75 Å². The lowest BCUT2D eigenvalue weighted by Crippen LogP contribution is -2.14. The zero-order valence-electron chi connectivity index (χ0n) is 11.4. The maximum atomic E-state index is 11.9. The van der Waals surface area contributed by atoms with Crippen LogP contribution >= 0.6 is 0 Å². The Morgan fingerprint density at radius 2 is 1.71 bits per heavy atom. The van der Waals surface area contributed by atoms with Gasteiger partial charge in [-0.05, 0) is 30.3 Å². The number of anilines is 1. The first-order valence-corrected chi connectivity index (χ1v) is 8.12. The molecule has 0 fully saturated rings. The third-order valence-corrected chi connectivity index (χ3v) is 4.04. The highest BCUT2D eigenvalue weighted by molar-refractivity contribution is 7.90. The Morgan fingerprint density at radius 1 is 1.10 bits per heavy atom. The highest BCUT2D eigenvalue weighted by Crippen LogP contribution is 2.18. The topological polar surface area (TPSA) is 83.5 Å². The number of phenols is 1. The number of rotatable bonds is 4. The summed E-state index contributed by atoms with van der Waals surface area (Å²) in [6.45, 7) is 0. The molecule has 0 unspecified atom stereocenters. The van der Waals surface area contributed by atoms with Crippen molar-refractivity contribution in [3.8, 4) is 5.75 Å². The van der Waals surface area contributed by atoms with Gasteiger partial charge < -0.3 is 10.4 Å². The second-order valence-electron chi connectivity index (χ2n) is 4.65. The lowest BCUT2D eigenvalue weighted by molar-refractivity contribution is -0.115. The summed E-state index contributed by atoms with van der Waals surface area (Å²) >= 11 is 0. The van der Waals surface area contributed by atoms with Gasteiger partial charge in [-0.3, -0.25) is 4.79 Å². The van der Waals surface area contributed by atoms with E-state index in [0.717, 1.165) is 6.26 Å². The molecule has 0 atom stereocenters. The second kappa shape index (κ2) is 5.97. The van der Waals surface area contributed by atoms with Gasteiger partial charge >= 0.3 is 0 Å². The van der Waals surface area contributed by atoms with E-state index in [-0.39, 0.29) is 23.0 Å². The fourth-order valence-corrected chi connectivity index (χ4v) is 2.45. The summed E-state index contributed by atoms with van der Waals surface area (Å²) in [5, 5.41) is 12.3. The number of hydrogen-bond acceptors (Lipinski definition) is 4. The summed E-state index contributed by atoms with van der Waals surface area (Å²) in [6, 6.07) is 12.5. The molecule has 0 bridgehead atoms. The molecule has 6 heteroatoms. The minimum Gasteiger partial charge on any atom is -0.508 e. The number of aromatic hydroxyl groups is 1. The lowest BCUT2D eigenvalue weighted by Gasteiger charge is -2.07. The summed E-state index contributed by atoms with van der Waals surface area (Å²) in [6.07, 6.45) is 1.17. The number of carbonyl (C=O) groups excluding carboxylic acids is 1. The number of nitrogens with one attached hydrogen (secondary N) is 1. The first kappa shape index (κ1) is 15.1. The van der Waals surface area contributed by atoms with E-state index in [1.54, 1.807) is 18.2 Å². The quantitative estimate of drug-likeness (QED) is 0.904. The van der Waals surface area contributed by atoms with Crippen LogP contribution in [0.1, 0.15) is 5.56 Å². The average molecular weight is 305 g/mol. The van der Waals surface area contributed by atoms with Crippen molar-refractivity contribution in [2.45, 2.75) is 11.3 Å². The molecule has 0 radical (unpaired) electrons. The third kappa shape index (κ3) is 4.06. The van der Waals surface area contributed by atoms with E-state index >= 15 is 0 Å². The summed E-state index contributed by atoms with van der Waals surface area (Å²) in [7, 11) is -3.25. The smallest absolute Gasteiger partial charge is 0.228 e. The van der Waals surface area contributed by atoms with Gasteiger partial charge in [0.25, 0.3) is 0 Å². The van der Waals surface area contributed by atoms with Gasteiger partial charge in [0.2, 0.25) is 5.91 Å². The molecule has 0 spiro atoms.